The summed E-state index contributed by atoms with van der Waals surface area (Å²) in [6.45, 7) is 7.56. The molecule has 0 N–H and O–H groups in total. The van der Waals surface area contributed by atoms with Gasteiger partial charge in [0.05, 0.1) is 16.9 Å². The first-order valence-corrected chi connectivity index (χ1v) is 19.6. The fourth-order valence-corrected chi connectivity index (χ4v) is 7.58. The number of ether oxygens (including phenoxy) is 2. The third kappa shape index (κ3) is 12.2. The molecule has 1 aromatic carbocycles. The van der Waals surface area contributed by atoms with Gasteiger partial charge in [-0.1, -0.05) is 122 Å². The minimum atomic E-state index is -0.578. The molecule has 0 unspecified atom stereocenters. The lowest BCUT2D eigenvalue weighted by molar-refractivity contribution is -0.151. The summed E-state index contributed by atoms with van der Waals surface area (Å²) in [6, 6.07) is 9.74. The molecule has 2 aliphatic rings. The van der Waals surface area contributed by atoms with Crippen molar-refractivity contribution < 1.29 is 19.1 Å². The van der Waals surface area contributed by atoms with Crippen LogP contribution in [0.25, 0.3) is 0 Å². The Balaban J connectivity index is 1.11. The smallest absolute Gasteiger partial charge is 0.422 e. The normalized spacial score (nSPS) is 14.7. The molecule has 0 spiro atoms. The van der Waals surface area contributed by atoms with E-state index >= 15 is 0 Å². The zero-order chi connectivity index (χ0) is 34.0. The maximum atomic E-state index is 13.6. The summed E-state index contributed by atoms with van der Waals surface area (Å²) in [7, 11) is 2.13. The number of aryl methyl sites for hydroxylation is 1. The number of nitrogens with zero attached hydrogens (tertiary/aromatic N) is 4. The highest BCUT2D eigenvalue weighted by Gasteiger charge is 2.33. The van der Waals surface area contributed by atoms with Crippen LogP contribution >= 0.6 is 11.3 Å². The maximum Gasteiger partial charge on any atom is 0.422 e. The molecule has 1 fully saturated rings. The molecular weight excluding hydrogens is 621 g/mol. The third-order valence-electron chi connectivity index (χ3n) is 9.50. The van der Waals surface area contributed by atoms with Crippen LogP contribution in [0.3, 0.4) is 0 Å². The molecule has 1 aromatic heterocycles. The molecule has 0 atom stereocenters. The van der Waals surface area contributed by atoms with E-state index in [9.17, 15) is 9.59 Å². The first-order valence-electron chi connectivity index (χ1n) is 18.8. The van der Waals surface area contributed by atoms with E-state index in [0.717, 1.165) is 66.7 Å². The molecule has 1 saturated heterocycles. The number of aliphatic imine (C=N–C) groups is 1. The highest BCUT2D eigenvalue weighted by molar-refractivity contribution is 7.16. The van der Waals surface area contributed by atoms with Gasteiger partial charge in [-0.25, -0.2) is 14.7 Å². The number of thiophene rings is 1. The number of anilines is 2. The number of fused-ring (bicyclic) bond motifs is 2. The number of hydrogen-bond donors (Lipinski definition) is 0. The number of piperazine rings is 1. The zero-order valence-electron chi connectivity index (χ0n) is 30.0. The van der Waals surface area contributed by atoms with Crippen LogP contribution in [0.4, 0.5) is 21.2 Å². The van der Waals surface area contributed by atoms with Crippen molar-refractivity contribution in [2.45, 2.75) is 129 Å². The van der Waals surface area contributed by atoms with Crippen molar-refractivity contribution in [3.05, 3.63) is 40.8 Å². The molecule has 2 aliphatic heterocycles. The first kappa shape index (κ1) is 37.9. The summed E-state index contributed by atoms with van der Waals surface area (Å²) in [5, 5.41) is 0.773. The van der Waals surface area contributed by atoms with Crippen LogP contribution in [0, 0.1) is 6.92 Å². The molecular formula is C39H60N4O4S. The lowest BCUT2D eigenvalue weighted by Crippen LogP contribution is -2.47. The lowest BCUT2D eigenvalue weighted by atomic mass is 10.0. The van der Waals surface area contributed by atoms with Crippen molar-refractivity contribution in [1.82, 2.24) is 9.80 Å². The van der Waals surface area contributed by atoms with Gasteiger partial charge < -0.3 is 19.3 Å². The van der Waals surface area contributed by atoms with Crippen LogP contribution in [0.2, 0.25) is 0 Å². The van der Waals surface area contributed by atoms with Gasteiger partial charge >= 0.3 is 12.1 Å². The standard InChI is InChI=1S/C39H60N4O4S/c1-4-5-6-7-8-9-10-11-12-13-14-15-16-17-18-19-20-25-36(44)46-31-47-39(45)43-35-24-22-21-23-34(35)40-37(33-30-32(2)48-38(33)43)42-28-26-41(3)27-29-42/h21-24,30H,4-20,25-29,31H2,1-3H3. The molecule has 9 heteroatoms. The molecule has 2 aromatic rings. The van der Waals surface area contributed by atoms with E-state index in [1.807, 2.05) is 31.2 Å². The van der Waals surface area contributed by atoms with Gasteiger partial charge in [-0.3, -0.25) is 4.79 Å². The quantitative estimate of drug-likeness (QED) is 0.0787. The van der Waals surface area contributed by atoms with E-state index in [4.69, 9.17) is 14.5 Å². The van der Waals surface area contributed by atoms with Gasteiger partial charge in [-0.2, -0.15) is 0 Å². The van der Waals surface area contributed by atoms with Crippen molar-refractivity contribution in [3.8, 4) is 0 Å². The predicted octanol–water partition coefficient (Wildman–Crippen LogP) is 10.5. The van der Waals surface area contributed by atoms with Crippen molar-refractivity contribution in [1.29, 1.82) is 0 Å². The van der Waals surface area contributed by atoms with E-state index in [1.54, 1.807) is 4.90 Å². The van der Waals surface area contributed by atoms with Gasteiger partial charge in [-0.05, 0) is 38.6 Å². The van der Waals surface area contributed by atoms with E-state index in [0.29, 0.717) is 17.8 Å². The SMILES string of the molecule is CCCCCCCCCCCCCCCCCCCC(=O)OCOC(=O)N1c2ccccc2N=C(N2CCN(C)CC2)c2cc(C)sc21. The number of esters is 1. The second-order valence-corrected chi connectivity index (χ2v) is 14.8. The van der Waals surface area contributed by atoms with Gasteiger partial charge in [0.15, 0.2) is 0 Å². The summed E-state index contributed by atoms with van der Waals surface area (Å²) in [5.74, 6) is 0.555. The number of unbranched alkanes of at least 4 members (excludes halogenated alkanes) is 16. The van der Waals surface area contributed by atoms with E-state index in [2.05, 4.69) is 29.8 Å². The number of carbonyl (C=O) groups is 2. The Morgan fingerprint density at radius 1 is 0.771 bits per heavy atom. The molecule has 266 valence electrons. The van der Waals surface area contributed by atoms with Crippen molar-refractivity contribution in [2.75, 3.05) is 44.9 Å². The Bertz CT molecular complexity index is 1290. The molecule has 0 bridgehead atoms. The van der Waals surface area contributed by atoms with Crippen LogP contribution in [0.5, 0.6) is 0 Å². The van der Waals surface area contributed by atoms with E-state index in [1.165, 1.54) is 101 Å². The van der Waals surface area contributed by atoms with Crippen molar-refractivity contribution >= 4 is 45.6 Å². The number of rotatable bonds is 20. The van der Waals surface area contributed by atoms with Crippen molar-refractivity contribution in [2.24, 2.45) is 4.99 Å². The Kier molecular flexibility index (Phi) is 16.8. The monoisotopic (exact) mass is 680 g/mol. The summed E-state index contributed by atoms with van der Waals surface area (Å²) in [6.07, 6.45) is 21.9. The van der Waals surface area contributed by atoms with Crippen LogP contribution in [0.15, 0.2) is 35.3 Å². The number of benzene rings is 1. The average Bonchev–Trinajstić information content (AvgIpc) is 3.40. The van der Waals surface area contributed by atoms with Gasteiger partial charge in [-0.15, -0.1) is 11.3 Å². The minimum absolute atomic E-state index is 0.326. The fraction of sp³-hybridized carbons (Fsp3) is 0.667. The Labute approximate surface area is 293 Å². The van der Waals surface area contributed by atoms with Crippen LogP contribution in [0.1, 0.15) is 133 Å². The highest BCUT2D eigenvalue weighted by atomic mass is 32.1. The molecule has 0 saturated carbocycles. The van der Waals surface area contributed by atoms with Crippen molar-refractivity contribution in [3.63, 3.8) is 0 Å². The number of carbonyl (C=O) groups excluding carboxylic acids is 2. The Hall–Kier alpha value is -2.91. The number of hydrogen-bond acceptors (Lipinski definition) is 8. The van der Waals surface area contributed by atoms with Gasteiger partial charge in [0.1, 0.15) is 10.8 Å². The molecule has 4 rings (SSSR count). The Morgan fingerprint density at radius 2 is 1.33 bits per heavy atom. The summed E-state index contributed by atoms with van der Waals surface area (Å²) in [5.41, 5.74) is 2.29. The number of amides is 1. The zero-order valence-corrected chi connectivity index (χ0v) is 30.8. The minimum Gasteiger partial charge on any atom is -0.428 e. The second kappa shape index (κ2) is 21.2. The van der Waals surface area contributed by atoms with E-state index in [-0.39, 0.29) is 5.97 Å². The number of amidine groups is 1. The van der Waals surface area contributed by atoms with E-state index < -0.39 is 12.9 Å². The summed E-state index contributed by atoms with van der Waals surface area (Å²) < 4.78 is 10.9. The van der Waals surface area contributed by atoms with Gasteiger partial charge in [0.2, 0.25) is 6.79 Å². The van der Waals surface area contributed by atoms with Crippen LogP contribution in [-0.4, -0.2) is 67.7 Å². The second-order valence-electron chi connectivity index (χ2n) is 13.6. The van der Waals surface area contributed by atoms with Crippen LogP contribution < -0.4 is 4.90 Å². The molecule has 0 aliphatic carbocycles. The molecule has 3 heterocycles. The number of likely N-dealkylation sites (N-methyl/N-ethyl adjacent to an activating group) is 1. The van der Waals surface area contributed by atoms with Gasteiger partial charge in [0.25, 0.3) is 0 Å². The topological polar surface area (TPSA) is 74.7 Å². The molecule has 48 heavy (non-hydrogen) atoms. The largest absolute Gasteiger partial charge is 0.428 e. The molecule has 1 amide bonds. The Morgan fingerprint density at radius 3 is 1.94 bits per heavy atom. The summed E-state index contributed by atoms with van der Waals surface area (Å²) >= 11 is 1.54. The molecule has 0 radical (unpaired) electrons. The third-order valence-corrected chi connectivity index (χ3v) is 10.5. The average molecular weight is 681 g/mol. The fourth-order valence-electron chi connectivity index (χ4n) is 6.58. The number of para-hydroxylation sites is 2. The summed E-state index contributed by atoms with van der Waals surface area (Å²) in [4.78, 5) is 38.3. The van der Waals surface area contributed by atoms with Crippen LogP contribution in [-0.2, 0) is 14.3 Å². The molecule has 8 nitrogen and oxygen atoms in total. The first-order chi connectivity index (χ1) is 23.5. The predicted molar refractivity (Wildman–Crippen MR) is 199 cm³/mol. The highest BCUT2D eigenvalue weighted by Crippen LogP contribution is 2.44. The van der Waals surface area contributed by atoms with Gasteiger partial charge in [0, 0.05) is 37.5 Å². The maximum absolute atomic E-state index is 13.6. The lowest BCUT2D eigenvalue weighted by Gasteiger charge is -2.34.